The molecule has 5 heteroatoms. The molecule has 0 aliphatic carbocycles. The van der Waals surface area contributed by atoms with Gasteiger partial charge in [0.2, 0.25) is 0 Å². The van der Waals surface area contributed by atoms with Gasteiger partial charge in [0.15, 0.2) is 6.29 Å². The van der Waals surface area contributed by atoms with E-state index in [9.17, 15) is 18.0 Å². The van der Waals surface area contributed by atoms with Crippen molar-refractivity contribution in [3.8, 4) is 5.75 Å². The molecule has 2 nitrogen and oxygen atoms in total. The highest BCUT2D eigenvalue weighted by molar-refractivity contribution is 5.81. The largest absolute Gasteiger partial charge is 0.496 e. The summed E-state index contributed by atoms with van der Waals surface area (Å²) in [5.41, 5.74) is -0.426. The van der Waals surface area contributed by atoms with Crippen molar-refractivity contribution in [2.24, 2.45) is 0 Å². The lowest BCUT2D eigenvalue weighted by molar-refractivity contribution is -0.137. The van der Waals surface area contributed by atoms with Gasteiger partial charge in [0.25, 0.3) is 0 Å². The zero-order chi connectivity index (χ0) is 11.6. The third-order valence-corrected chi connectivity index (χ3v) is 2.01. The quantitative estimate of drug-likeness (QED) is 0.713. The topological polar surface area (TPSA) is 26.3 Å². The van der Waals surface area contributed by atoms with E-state index < -0.39 is 11.7 Å². The maximum atomic E-state index is 12.4. The summed E-state index contributed by atoms with van der Waals surface area (Å²) in [4.78, 5) is 10.6. The van der Waals surface area contributed by atoms with Crippen LogP contribution in [0.2, 0.25) is 0 Å². The number of hydrogen-bond donors (Lipinski definition) is 0. The molecule has 82 valence electrons. The van der Waals surface area contributed by atoms with E-state index in [0.29, 0.717) is 6.29 Å². The van der Waals surface area contributed by atoms with Crippen LogP contribution >= 0.6 is 0 Å². The van der Waals surface area contributed by atoms with Crippen molar-refractivity contribution in [2.75, 3.05) is 7.11 Å². The first-order valence-electron chi connectivity index (χ1n) is 4.11. The average molecular weight is 218 g/mol. The zero-order valence-electron chi connectivity index (χ0n) is 8.18. The molecule has 0 bridgehead atoms. The summed E-state index contributed by atoms with van der Waals surface area (Å²) in [6.07, 6.45) is -3.95. The molecular formula is C10H9F3O2. The van der Waals surface area contributed by atoms with E-state index in [1.165, 1.54) is 14.0 Å². The first-order chi connectivity index (χ1) is 6.90. The minimum atomic E-state index is -4.43. The van der Waals surface area contributed by atoms with E-state index in [4.69, 9.17) is 4.74 Å². The molecule has 0 fully saturated rings. The van der Waals surface area contributed by atoms with Gasteiger partial charge in [-0.05, 0) is 24.6 Å². The first kappa shape index (κ1) is 11.6. The monoisotopic (exact) mass is 218 g/mol. The number of aryl methyl sites for hydroxylation is 1. The number of aldehydes is 1. The van der Waals surface area contributed by atoms with Crippen LogP contribution in [0, 0.1) is 6.92 Å². The predicted molar refractivity (Wildman–Crippen MR) is 48.1 cm³/mol. The normalized spacial score (nSPS) is 11.3. The summed E-state index contributed by atoms with van der Waals surface area (Å²) in [6, 6.07) is 1.74. The molecule has 0 aliphatic rings. The third kappa shape index (κ3) is 2.29. The summed E-state index contributed by atoms with van der Waals surface area (Å²) in [6.45, 7) is 1.43. The second-order valence-corrected chi connectivity index (χ2v) is 3.02. The molecule has 0 amide bonds. The molecule has 0 spiro atoms. The van der Waals surface area contributed by atoms with Crippen LogP contribution in [0.3, 0.4) is 0 Å². The Morgan fingerprint density at radius 3 is 2.33 bits per heavy atom. The van der Waals surface area contributed by atoms with Gasteiger partial charge < -0.3 is 4.74 Å². The molecule has 1 rings (SSSR count). The number of carbonyl (C=O) groups excluding carboxylic acids is 1. The Hall–Kier alpha value is -1.52. The van der Waals surface area contributed by atoms with Gasteiger partial charge in [0.1, 0.15) is 5.75 Å². The van der Waals surface area contributed by atoms with Gasteiger partial charge in [-0.2, -0.15) is 13.2 Å². The second kappa shape index (κ2) is 3.92. The summed E-state index contributed by atoms with van der Waals surface area (Å²) < 4.78 is 41.8. The van der Waals surface area contributed by atoms with Gasteiger partial charge in [-0.3, -0.25) is 4.79 Å². The molecule has 0 N–H and O–H groups in total. The van der Waals surface area contributed by atoms with Gasteiger partial charge in [-0.15, -0.1) is 0 Å². The fourth-order valence-corrected chi connectivity index (χ4v) is 1.25. The molecule has 0 heterocycles. The smallest absolute Gasteiger partial charge is 0.416 e. The van der Waals surface area contributed by atoms with Crippen molar-refractivity contribution >= 4 is 6.29 Å². The Morgan fingerprint density at radius 2 is 1.93 bits per heavy atom. The summed E-state index contributed by atoms with van der Waals surface area (Å²) >= 11 is 0. The van der Waals surface area contributed by atoms with Gasteiger partial charge in [0.05, 0.1) is 18.2 Å². The fourth-order valence-electron chi connectivity index (χ4n) is 1.25. The molecule has 1 aromatic rings. The Bertz CT molecular complexity index is 383. The number of ether oxygens (including phenoxy) is 1. The van der Waals surface area contributed by atoms with E-state index in [0.717, 1.165) is 12.1 Å². The standard InChI is InChI=1S/C10H9F3O2/c1-6-3-7(10(11,12)13)4-9(15-2)8(6)5-14/h3-5H,1-2H3. The molecule has 0 saturated carbocycles. The van der Waals surface area contributed by atoms with Crippen LogP contribution in [-0.4, -0.2) is 13.4 Å². The molecule has 15 heavy (non-hydrogen) atoms. The Morgan fingerprint density at radius 1 is 1.33 bits per heavy atom. The zero-order valence-corrected chi connectivity index (χ0v) is 8.18. The van der Waals surface area contributed by atoms with E-state index in [-0.39, 0.29) is 16.9 Å². The van der Waals surface area contributed by atoms with Crippen molar-refractivity contribution < 1.29 is 22.7 Å². The third-order valence-electron chi connectivity index (χ3n) is 2.01. The molecular weight excluding hydrogens is 209 g/mol. The van der Waals surface area contributed by atoms with Gasteiger partial charge >= 0.3 is 6.18 Å². The highest BCUT2D eigenvalue weighted by Crippen LogP contribution is 2.34. The number of benzene rings is 1. The number of alkyl halides is 3. The Balaban J connectivity index is 3.38. The van der Waals surface area contributed by atoms with Crippen molar-refractivity contribution in [3.63, 3.8) is 0 Å². The SMILES string of the molecule is COc1cc(C(F)(F)F)cc(C)c1C=O. The van der Waals surface area contributed by atoms with Crippen molar-refractivity contribution in [2.45, 2.75) is 13.1 Å². The maximum absolute atomic E-state index is 12.4. The van der Waals surface area contributed by atoms with Gasteiger partial charge in [0, 0.05) is 0 Å². The van der Waals surface area contributed by atoms with Gasteiger partial charge in [-0.25, -0.2) is 0 Å². The average Bonchev–Trinajstić information content (AvgIpc) is 2.15. The number of methoxy groups -OCH3 is 1. The van der Waals surface area contributed by atoms with Crippen LogP contribution in [0.5, 0.6) is 5.75 Å². The lowest BCUT2D eigenvalue weighted by Gasteiger charge is -2.12. The molecule has 0 saturated heterocycles. The summed E-state index contributed by atoms with van der Waals surface area (Å²) in [7, 11) is 1.22. The van der Waals surface area contributed by atoms with Crippen molar-refractivity contribution in [1.82, 2.24) is 0 Å². The molecule has 1 aromatic carbocycles. The lowest BCUT2D eigenvalue weighted by atomic mass is 10.0. The molecule has 0 aliphatic heterocycles. The van der Waals surface area contributed by atoms with Crippen LogP contribution in [0.15, 0.2) is 12.1 Å². The highest BCUT2D eigenvalue weighted by Gasteiger charge is 2.31. The molecule has 0 radical (unpaired) electrons. The Labute approximate surface area is 84.7 Å². The minimum absolute atomic E-state index is 0.0580. The number of halogens is 3. The van der Waals surface area contributed by atoms with Crippen LogP contribution in [0.4, 0.5) is 13.2 Å². The van der Waals surface area contributed by atoms with Crippen LogP contribution in [0.1, 0.15) is 21.5 Å². The first-order valence-corrected chi connectivity index (χ1v) is 4.11. The number of carbonyl (C=O) groups is 1. The summed E-state index contributed by atoms with van der Waals surface area (Å²) in [5.74, 6) is -0.0580. The molecule has 0 aromatic heterocycles. The lowest BCUT2D eigenvalue weighted by Crippen LogP contribution is -2.07. The van der Waals surface area contributed by atoms with Crippen LogP contribution in [0.25, 0.3) is 0 Å². The van der Waals surface area contributed by atoms with E-state index in [1.807, 2.05) is 0 Å². The number of hydrogen-bond acceptors (Lipinski definition) is 2. The summed E-state index contributed by atoms with van der Waals surface area (Å²) in [5, 5.41) is 0. The van der Waals surface area contributed by atoms with Crippen molar-refractivity contribution in [1.29, 1.82) is 0 Å². The molecule has 0 unspecified atom stereocenters. The molecule has 0 atom stereocenters. The van der Waals surface area contributed by atoms with Crippen LogP contribution < -0.4 is 4.74 Å². The van der Waals surface area contributed by atoms with Gasteiger partial charge in [-0.1, -0.05) is 0 Å². The predicted octanol–water partition coefficient (Wildman–Crippen LogP) is 2.83. The number of rotatable bonds is 2. The van der Waals surface area contributed by atoms with Crippen LogP contribution in [-0.2, 0) is 6.18 Å². The Kier molecular flexibility index (Phi) is 3.02. The highest BCUT2D eigenvalue weighted by atomic mass is 19.4. The maximum Gasteiger partial charge on any atom is 0.416 e. The van der Waals surface area contributed by atoms with E-state index in [2.05, 4.69) is 0 Å². The van der Waals surface area contributed by atoms with E-state index in [1.54, 1.807) is 0 Å². The second-order valence-electron chi connectivity index (χ2n) is 3.02. The minimum Gasteiger partial charge on any atom is -0.496 e. The van der Waals surface area contributed by atoms with E-state index >= 15 is 0 Å². The fraction of sp³-hybridized carbons (Fsp3) is 0.300. The van der Waals surface area contributed by atoms with Crippen molar-refractivity contribution in [3.05, 3.63) is 28.8 Å².